The van der Waals surface area contributed by atoms with Gasteiger partial charge >= 0.3 is 0 Å². The van der Waals surface area contributed by atoms with Gasteiger partial charge in [-0.2, -0.15) is 0 Å². The highest BCUT2D eigenvalue weighted by Crippen LogP contribution is 2.41. The SMILES string of the molecule is COc1ccc(C(=O)C2CCS(=O)(=O)C2)c(OC)c1OC. The van der Waals surface area contributed by atoms with Crippen LogP contribution in [-0.2, 0) is 9.84 Å². The molecule has 1 unspecified atom stereocenters. The number of Topliss-reactive ketones (excluding diaryl/α,β-unsaturated/α-hetero) is 1. The van der Waals surface area contributed by atoms with Gasteiger partial charge in [0.15, 0.2) is 27.1 Å². The normalized spacial score (nSPS) is 20.0. The molecule has 6 nitrogen and oxygen atoms in total. The Morgan fingerprint density at radius 1 is 1.10 bits per heavy atom. The van der Waals surface area contributed by atoms with Crippen LogP contribution >= 0.6 is 0 Å². The number of ether oxygens (including phenoxy) is 3. The van der Waals surface area contributed by atoms with Crippen molar-refractivity contribution in [1.29, 1.82) is 0 Å². The number of sulfone groups is 1. The van der Waals surface area contributed by atoms with Crippen molar-refractivity contribution in [3.63, 3.8) is 0 Å². The minimum Gasteiger partial charge on any atom is -0.493 e. The van der Waals surface area contributed by atoms with E-state index in [1.807, 2.05) is 0 Å². The first-order valence-electron chi connectivity index (χ1n) is 6.47. The zero-order chi connectivity index (χ0) is 15.6. The quantitative estimate of drug-likeness (QED) is 0.763. The lowest BCUT2D eigenvalue weighted by Gasteiger charge is -2.16. The van der Waals surface area contributed by atoms with Gasteiger partial charge in [0, 0.05) is 5.92 Å². The molecular formula is C14H18O6S. The first kappa shape index (κ1) is 15.6. The highest BCUT2D eigenvalue weighted by atomic mass is 32.2. The number of carbonyl (C=O) groups excluding carboxylic acids is 1. The average molecular weight is 314 g/mol. The van der Waals surface area contributed by atoms with Crippen molar-refractivity contribution >= 4 is 15.6 Å². The van der Waals surface area contributed by atoms with E-state index in [1.165, 1.54) is 21.3 Å². The summed E-state index contributed by atoms with van der Waals surface area (Å²) in [5.74, 6) is 0.223. The van der Waals surface area contributed by atoms with Gasteiger partial charge < -0.3 is 14.2 Å². The highest BCUT2D eigenvalue weighted by Gasteiger charge is 2.35. The Balaban J connectivity index is 2.42. The number of benzene rings is 1. The van der Waals surface area contributed by atoms with E-state index in [-0.39, 0.29) is 23.0 Å². The Labute approximate surface area is 123 Å². The van der Waals surface area contributed by atoms with Gasteiger partial charge in [-0.3, -0.25) is 4.79 Å². The Morgan fingerprint density at radius 3 is 2.24 bits per heavy atom. The molecule has 0 spiro atoms. The van der Waals surface area contributed by atoms with Crippen molar-refractivity contribution < 1.29 is 27.4 Å². The largest absolute Gasteiger partial charge is 0.493 e. The molecule has 0 amide bonds. The van der Waals surface area contributed by atoms with E-state index in [2.05, 4.69) is 0 Å². The third kappa shape index (κ3) is 2.97. The van der Waals surface area contributed by atoms with Crippen LogP contribution < -0.4 is 14.2 Å². The molecular weight excluding hydrogens is 296 g/mol. The second-order valence-electron chi connectivity index (χ2n) is 4.85. The Kier molecular flexibility index (Phi) is 4.41. The van der Waals surface area contributed by atoms with Crippen LogP contribution in [0.15, 0.2) is 12.1 Å². The van der Waals surface area contributed by atoms with E-state index in [1.54, 1.807) is 12.1 Å². The van der Waals surface area contributed by atoms with E-state index in [4.69, 9.17) is 14.2 Å². The van der Waals surface area contributed by atoms with Crippen molar-refractivity contribution in [3.8, 4) is 17.2 Å². The van der Waals surface area contributed by atoms with E-state index in [0.717, 1.165) is 0 Å². The summed E-state index contributed by atoms with van der Waals surface area (Å²) in [6, 6.07) is 3.19. The van der Waals surface area contributed by atoms with Crippen molar-refractivity contribution in [2.45, 2.75) is 6.42 Å². The Morgan fingerprint density at radius 2 is 1.76 bits per heavy atom. The molecule has 1 aromatic rings. The summed E-state index contributed by atoms with van der Waals surface area (Å²) < 4.78 is 38.7. The molecule has 21 heavy (non-hydrogen) atoms. The fraction of sp³-hybridized carbons (Fsp3) is 0.500. The minimum absolute atomic E-state index is 0.0546. The topological polar surface area (TPSA) is 78.9 Å². The number of hydrogen-bond acceptors (Lipinski definition) is 6. The summed E-state index contributed by atoms with van der Waals surface area (Å²) in [6.45, 7) is 0. The molecule has 0 bridgehead atoms. The third-order valence-corrected chi connectivity index (χ3v) is 5.34. The van der Waals surface area contributed by atoms with Gasteiger partial charge in [0.1, 0.15) is 0 Å². The average Bonchev–Trinajstić information content (AvgIpc) is 2.84. The van der Waals surface area contributed by atoms with Crippen LogP contribution in [-0.4, -0.2) is 47.0 Å². The van der Waals surface area contributed by atoms with Crippen molar-refractivity contribution in [1.82, 2.24) is 0 Å². The van der Waals surface area contributed by atoms with Crippen LogP contribution in [0.3, 0.4) is 0 Å². The predicted octanol–water partition coefficient (Wildman–Crippen LogP) is 1.33. The van der Waals surface area contributed by atoms with Gasteiger partial charge in [-0.15, -0.1) is 0 Å². The molecule has 1 aliphatic heterocycles. The molecule has 1 aliphatic rings. The lowest BCUT2D eigenvalue weighted by molar-refractivity contribution is 0.0929. The zero-order valence-electron chi connectivity index (χ0n) is 12.2. The van der Waals surface area contributed by atoms with Crippen LogP contribution in [0, 0.1) is 5.92 Å². The first-order valence-corrected chi connectivity index (χ1v) is 8.29. The maximum atomic E-state index is 12.5. The Hall–Kier alpha value is -1.76. The number of ketones is 1. The summed E-state index contributed by atoms with van der Waals surface area (Å²) in [4.78, 5) is 12.5. The lowest BCUT2D eigenvalue weighted by atomic mass is 9.96. The molecule has 0 aromatic heterocycles. The fourth-order valence-electron chi connectivity index (χ4n) is 2.52. The van der Waals surface area contributed by atoms with E-state index < -0.39 is 15.8 Å². The van der Waals surface area contributed by atoms with Crippen LogP contribution in [0.5, 0.6) is 17.2 Å². The van der Waals surface area contributed by atoms with Crippen molar-refractivity contribution in [3.05, 3.63) is 17.7 Å². The molecule has 2 rings (SSSR count). The molecule has 1 fully saturated rings. The molecule has 116 valence electrons. The van der Waals surface area contributed by atoms with Gasteiger partial charge in [-0.1, -0.05) is 0 Å². The predicted molar refractivity (Wildman–Crippen MR) is 77.2 cm³/mol. The summed E-state index contributed by atoms with van der Waals surface area (Å²) in [5, 5.41) is 0. The highest BCUT2D eigenvalue weighted by molar-refractivity contribution is 7.91. The van der Waals surface area contributed by atoms with E-state index in [0.29, 0.717) is 23.5 Å². The lowest BCUT2D eigenvalue weighted by Crippen LogP contribution is -2.17. The molecule has 7 heteroatoms. The van der Waals surface area contributed by atoms with Gasteiger partial charge in [-0.25, -0.2) is 8.42 Å². The van der Waals surface area contributed by atoms with Crippen LogP contribution in [0.2, 0.25) is 0 Å². The molecule has 1 saturated heterocycles. The van der Waals surface area contributed by atoms with Crippen LogP contribution in [0.1, 0.15) is 16.8 Å². The molecule has 0 aliphatic carbocycles. The molecule has 0 N–H and O–H groups in total. The first-order chi connectivity index (χ1) is 9.93. The monoisotopic (exact) mass is 314 g/mol. The molecule has 0 saturated carbocycles. The summed E-state index contributed by atoms with van der Waals surface area (Å²) in [6.07, 6.45) is 0.346. The van der Waals surface area contributed by atoms with Crippen molar-refractivity contribution in [2.24, 2.45) is 5.92 Å². The summed E-state index contributed by atoms with van der Waals surface area (Å²) >= 11 is 0. The standard InChI is InChI=1S/C14H18O6S/c1-18-11-5-4-10(13(19-2)14(11)20-3)12(15)9-6-7-21(16,17)8-9/h4-5,9H,6-8H2,1-3H3. The number of carbonyl (C=O) groups is 1. The minimum atomic E-state index is -3.11. The van der Waals surface area contributed by atoms with Gasteiger partial charge in [-0.05, 0) is 18.6 Å². The molecule has 1 atom stereocenters. The third-order valence-electron chi connectivity index (χ3n) is 3.57. The molecule has 1 heterocycles. The Bertz CT molecular complexity index is 650. The molecule has 0 radical (unpaired) electrons. The van der Waals surface area contributed by atoms with Crippen LogP contribution in [0.25, 0.3) is 0 Å². The zero-order valence-corrected chi connectivity index (χ0v) is 13.0. The fourth-order valence-corrected chi connectivity index (χ4v) is 4.26. The van der Waals surface area contributed by atoms with Gasteiger partial charge in [0.05, 0.1) is 38.4 Å². The number of hydrogen-bond donors (Lipinski definition) is 0. The summed E-state index contributed by atoms with van der Waals surface area (Å²) in [7, 11) is 1.26. The number of rotatable bonds is 5. The smallest absolute Gasteiger partial charge is 0.204 e. The van der Waals surface area contributed by atoms with Gasteiger partial charge in [0.2, 0.25) is 5.75 Å². The molecule has 1 aromatic carbocycles. The maximum Gasteiger partial charge on any atom is 0.204 e. The van der Waals surface area contributed by atoms with Crippen molar-refractivity contribution in [2.75, 3.05) is 32.8 Å². The van der Waals surface area contributed by atoms with Crippen LogP contribution in [0.4, 0.5) is 0 Å². The van der Waals surface area contributed by atoms with Gasteiger partial charge in [0.25, 0.3) is 0 Å². The van der Waals surface area contributed by atoms with E-state index >= 15 is 0 Å². The van der Waals surface area contributed by atoms with E-state index in [9.17, 15) is 13.2 Å². The maximum absolute atomic E-state index is 12.5. The second-order valence-corrected chi connectivity index (χ2v) is 7.07. The number of methoxy groups -OCH3 is 3. The second kappa shape index (κ2) is 5.93. The summed E-state index contributed by atoms with van der Waals surface area (Å²) in [5.41, 5.74) is 0.317.